The summed E-state index contributed by atoms with van der Waals surface area (Å²) < 4.78 is 4.95. The molecular formula is C9H18N2O. The van der Waals surface area contributed by atoms with Crippen molar-refractivity contribution in [3.63, 3.8) is 0 Å². The Kier molecular flexibility index (Phi) is 6.38. The van der Waals surface area contributed by atoms with Crippen LogP contribution in [0.2, 0.25) is 0 Å². The lowest BCUT2D eigenvalue weighted by Crippen LogP contribution is -2.28. The molecule has 12 heavy (non-hydrogen) atoms. The molecule has 3 heteroatoms. The van der Waals surface area contributed by atoms with Gasteiger partial charge in [-0.25, -0.2) is 0 Å². The number of aliphatic imine (C=N–C) groups is 1. The van der Waals surface area contributed by atoms with Crippen LogP contribution in [0.3, 0.4) is 0 Å². The summed E-state index contributed by atoms with van der Waals surface area (Å²) in [6.45, 7) is 8.06. The molecule has 0 rings (SSSR count). The molecule has 0 aliphatic carbocycles. The number of hydrogen-bond donors (Lipinski definition) is 0. The van der Waals surface area contributed by atoms with Gasteiger partial charge in [0.1, 0.15) is 5.84 Å². The summed E-state index contributed by atoms with van der Waals surface area (Å²) >= 11 is 0. The van der Waals surface area contributed by atoms with Crippen molar-refractivity contribution in [1.29, 1.82) is 0 Å². The Labute approximate surface area is 74.7 Å². The van der Waals surface area contributed by atoms with Gasteiger partial charge < -0.3 is 9.64 Å². The lowest BCUT2D eigenvalue weighted by atomic mass is 10.4. The molecule has 0 atom stereocenters. The van der Waals surface area contributed by atoms with Crippen LogP contribution in [-0.2, 0) is 4.74 Å². The van der Waals surface area contributed by atoms with Crippen LogP contribution in [0.1, 0.15) is 6.92 Å². The van der Waals surface area contributed by atoms with Crippen molar-refractivity contribution in [3.8, 4) is 0 Å². The normalized spacial score (nSPS) is 11.4. The van der Waals surface area contributed by atoms with Gasteiger partial charge in [-0.05, 0) is 13.0 Å². The summed E-state index contributed by atoms with van der Waals surface area (Å²) in [6, 6.07) is 0. The molecule has 0 heterocycles. The minimum Gasteiger partial charge on any atom is -0.383 e. The fraction of sp³-hybridized carbons (Fsp3) is 0.667. The van der Waals surface area contributed by atoms with Crippen LogP contribution in [0.4, 0.5) is 0 Å². The van der Waals surface area contributed by atoms with Gasteiger partial charge >= 0.3 is 0 Å². The maximum atomic E-state index is 4.95. The predicted octanol–water partition coefficient (Wildman–Crippen LogP) is 1.17. The first-order valence-corrected chi connectivity index (χ1v) is 4.13. The molecule has 0 aromatic heterocycles. The van der Waals surface area contributed by atoms with E-state index in [0.717, 1.165) is 18.9 Å². The van der Waals surface area contributed by atoms with Gasteiger partial charge in [-0.3, -0.25) is 4.99 Å². The van der Waals surface area contributed by atoms with E-state index in [1.807, 2.05) is 18.9 Å². The molecule has 0 aliphatic rings. The minimum atomic E-state index is 0.715. The third-order valence-corrected chi connectivity index (χ3v) is 1.52. The van der Waals surface area contributed by atoms with Crippen molar-refractivity contribution in [1.82, 2.24) is 4.90 Å². The van der Waals surface area contributed by atoms with Crippen molar-refractivity contribution in [2.45, 2.75) is 6.92 Å². The van der Waals surface area contributed by atoms with Crippen LogP contribution in [0, 0.1) is 0 Å². The maximum absolute atomic E-state index is 4.95. The summed E-state index contributed by atoms with van der Waals surface area (Å²) in [5.74, 6) is 0.926. The Hall–Kier alpha value is -0.830. The van der Waals surface area contributed by atoms with Crippen LogP contribution < -0.4 is 0 Å². The van der Waals surface area contributed by atoms with Gasteiger partial charge in [-0.1, -0.05) is 6.58 Å². The molecule has 0 aromatic carbocycles. The van der Waals surface area contributed by atoms with E-state index >= 15 is 0 Å². The molecule has 0 spiro atoms. The van der Waals surface area contributed by atoms with Gasteiger partial charge in [-0.15, -0.1) is 0 Å². The predicted molar refractivity (Wildman–Crippen MR) is 52.7 cm³/mol. The highest BCUT2D eigenvalue weighted by atomic mass is 16.5. The standard InChI is InChI=1S/C9H18N2O/c1-5-9(10-6-2)11(3)7-8-12-4/h5H,1,6-8H2,2-4H3/b10-9+. The van der Waals surface area contributed by atoms with Gasteiger partial charge in [0.25, 0.3) is 0 Å². The van der Waals surface area contributed by atoms with Crippen molar-refractivity contribution < 1.29 is 4.74 Å². The Morgan fingerprint density at radius 3 is 2.75 bits per heavy atom. The maximum Gasteiger partial charge on any atom is 0.122 e. The molecular weight excluding hydrogens is 152 g/mol. The van der Waals surface area contributed by atoms with Crippen LogP contribution in [0.15, 0.2) is 17.6 Å². The molecule has 0 saturated heterocycles. The van der Waals surface area contributed by atoms with E-state index in [4.69, 9.17) is 4.74 Å². The van der Waals surface area contributed by atoms with Crippen LogP contribution in [0.25, 0.3) is 0 Å². The zero-order valence-electron chi connectivity index (χ0n) is 8.21. The number of methoxy groups -OCH3 is 1. The molecule has 0 N–H and O–H groups in total. The molecule has 0 aliphatic heterocycles. The van der Waals surface area contributed by atoms with Crippen molar-refractivity contribution in [2.24, 2.45) is 4.99 Å². The smallest absolute Gasteiger partial charge is 0.122 e. The Balaban J connectivity index is 3.93. The second-order valence-electron chi connectivity index (χ2n) is 2.45. The summed E-state index contributed by atoms with van der Waals surface area (Å²) in [7, 11) is 3.67. The zero-order chi connectivity index (χ0) is 9.40. The Morgan fingerprint density at radius 2 is 2.33 bits per heavy atom. The van der Waals surface area contributed by atoms with E-state index in [-0.39, 0.29) is 0 Å². The van der Waals surface area contributed by atoms with Crippen LogP contribution in [-0.4, -0.2) is 44.6 Å². The number of hydrogen-bond acceptors (Lipinski definition) is 2. The Bertz CT molecular complexity index is 155. The lowest BCUT2D eigenvalue weighted by molar-refractivity contribution is 0.183. The molecule has 0 aromatic rings. The molecule has 0 amide bonds. The highest BCUT2D eigenvalue weighted by Crippen LogP contribution is 1.89. The molecule has 0 fully saturated rings. The molecule has 70 valence electrons. The summed E-state index contributed by atoms with van der Waals surface area (Å²) in [5.41, 5.74) is 0. The molecule has 0 bridgehead atoms. The number of likely N-dealkylation sites (N-methyl/N-ethyl adjacent to an activating group) is 1. The first-order valence-electron chi connectivity index (χ1n) is 4.13. The monoisotopic (exact) mass is 170 g/mol. The fourth-order valence-electron chi connectivity index (χ4n) is 0.846. The molecule has 0 unspecified atom stereocenters. The van der Waals surface area contributed by atoms with E-state index in [0.29, 0.717) is 6.61 Å². The highest BCUT2D eigenvalue weighted by Gasteiger charge is 1.99. The molecule has 0 saturated carbocycles. The van der Waals surface area contributed by atoms with Gasteiger partial charge in [0, 0.05) is 27.2 Å². The van der Waals surface area contributed by atoms with Gasteiger partial charge in [0.05, 0.1) is 6.61 Å². The zero-order valence-corrected chi connectivity index (χ0v) is 8.21. The van der Waals surface area contributed by atoms with E-state index in [1.54, 1.807) is 13.2 Å². The van der Waals surface area contributed by atoms with Gasteiger partial charge in [-0.2, -0.15) is 0 Å². The second-order valence-corrected chi connectivity index (χ2v) is 2.45. The first-order chi connectivity index (χ1) is 5.76. The van der Waals surface area contributed by atoms with Crippen LogP contribution >= 0.6 is 0 Å². The lowest BCUT2D eigenvalue weighted by Gasteiger charge is -2.17. The van der Waals surface area contributed by atoms with E-state index in [1.165, 1.54) is 0 Å². The van der Waals surface area contributed by atoms with Crippen molar-refractivity contribution >= 4 is 5.84 Å². The van der Waals surface area contributed by atoms with Gasteiger partial charge in [0.15, 0.2) is 0 Å². The highest BCUT2D eigenvalue weighted by molar-refractivity contribution is 5.92. The number of nitrogens with zero attached hydrogens (tertiary/aromatic N) is 2. The second kappa shape index (κ2) is 6.85. The molecule has 0 radical (unpaired) electrons. The fourth-order valence-corrected chi connectivity index (χ4v) is 0.846. The summed E-state index contributed by atoms with van der Waals surface area (Å²) in [4.78, 5) is 6.29. The number of ether oxygens (including phenoxy) is 1. The topological polar surface area (TPSA) is 24.8 Å². The third-order valence-electron chi connectivity index (χ3n) is 1.52. The van der Waals surface area contributed by atoms with Crippen molar-refractivity contribution in [3.05, 3.63) is 12.7 Å². The summed E-state index contributed by atoms with van der Waals surface area (Å²) in [6.07, 6.45) is 1.76. The SMILES string of the molecule is C=C/C(=N\CC)N(C)CCOC. The molecule has 3 nitrogen and oxygen atoms in total. The average Bonchev–Trinajstić information content (AvgIpc) is 2.10. The largest absolute Gasteiger partial charge is 0.383 e. The minimum absolute atomic E-state index is 0.715. The van der Waals surface area contributed by atoms with E-state index in [2.05, 4.69) is 11.6 Å². The number of amidine groups is 1. The first kappa shape index (κ1) is 11.2. The number of rotatable bonds is 5. The third kappa shape index (κ3) is 4.13. The quantitative estimate of drug-likeness (QED) is 0.457. The van der Waals surface area contributed by atoms with Crippen LogP contribution in [0.5, 0.6) is 0 Å². The van der Waals surface area contributed by atoms with E-state index < -0.39 is 0 Å². The summed E-state index contributed by atoms with van der Waals surface area (Å²) in [5, 5.41) is 0. The van der Waals surface area contributed by atoms with E-state index in [9.17, 15) is 0 Å². The average molecular weight is 170 g/mol. The van der Waals surface area contributed by atoms with Crippen molar-refractivity contribution in [2.75, 3.05) is 33.9 Å². The Morgan fingerprint density at radius 1 is 1.67 bits per heavy atom. The van der Waals surface area contributed by atoms with Gasteiger partial charge in [0.2, 0.25) is 0 Å².